The molecule has 0 bridgehead atoms. The third kappa shape index (κ3) is 4.87. The maximum Gasteiger partial charge on any atom is 0.0546 e. The van der Waals surface area contributed by atoms with Crippen molar-refractivity contribution < 1.29 is 9.47 Å². The van der Waals surface area contributed by atoms with Crippen molar-refractivity contribution in [1.82, 2.24) is 0 Å². The lowest BCUT2D eigenvalue weighted by Crippen LogP contribution is -2.10. The summed E-state index contributed by atoms with van der Waals surface area (Å²) < 4.78 is 11.2. The lowest BCUT2D eigenvalue weighted by atomic mass is 9.85. The first-order valence-electron chi connectivity index (χ1n) is 11.4. The van der Waals surface area contributed by atoms with E-state index >= 15 is 0 Å². The minimum atomic E-state index is 0.257. The maximum atomic E-state index is 5.59. The Labute approximate surface area is 182 Å². The standard InChI is InChI=1S/C28H38O2/c1-18(2)22-11-15-26-23-12-8-19(3)16-27(23)24(13-9-20(4)29-6)25(28(26)17-22)14-10-21(5)30-7/h8,11-12,15-18,20-21H,9-10,13-14H2,1-7H3. The van der Waals surface area contributed by atoms with Gasteiger partial charge in [0.2, 0.25) is 0 Å². The fourth-order valence-corrected chi connectivity index (χ4v) is 4.38. The first-order chi connectivity index (χ1) is 14.3. The lowest BCUT2D eigenvalue weighted by molar-refractivity contribution is 0.110. The van der Waals surface area contributed by atoms with Crippen LogP contribution in [0.2, 0.25) is 0 Å². The zero-order chi connectivity index (χ0) is 21.8. The Morgan fingerprint density at radius 1 is 0.667 bits per heavy atom. The highest BCUT2D eigenvalue weighted by Crippen LogP contribution is 2.37. The molecule has 0 aliphatic carbocycles. The van der Waals surface area contributed by atoms with Gasteiger partial charge in [0.25, 0.3) is 0 Å². The summed E-state index contributed by atoms with van der Waals surface area (Å²) in [5.41, 5.74) is 5.72. The molecule has 0 radical (unpaired) electrons. The van der Waals surface area contributed by atoms with Gasteiger partial charge in [0.05, 0.1) is 12.2 Å². The molecular formula is C28H38O2. The van der Waals surface area contributed by atoms with Crippen molar-refractivity contribution in [3.05, 3.63) is 58.7 Å². The van der Waals surface area contributed by atoms with Crippen molar-refractivity contribution in [1.29, 1.82) is 0 Å². The van der Waals surface area contributed by atoms with E-state index in [0.29, 0.717) is 5.92 Å². The molecule has 3 aromatic carbocycles. The van der Waals surface area contributed by atoms with E-state index in [1.165, 1.54) is 43.8 Å². The summed E-state index contributed by atoms with van der Waals surface area (Å²) in [4.78, 5) is 0. The van der Waals surface area contributed by atoms with E-state index in [9.17, 15) is 0 Å². The second-order valence-corrected chi connectivity index (χ2v) is 9.14. The summed E-state index contributed by atoms with van der Waals surface area (Å²) >= 11 is 0. The Kier molecular flexibility index (Phi) is 7.55. The van der Waals surface area contributed by atoms with E-state index in [-0.39, 0.29) is 12.2 Å². The van der Waals surface area contributed by atoms with Gasteiger partial charge in [-0.25, -0.2) is 0 Å². The van der Waals surface area contributed by atoms with Gasteiger partial charge in [-0.3, -0.25) is 0 Å². The SMILES string of the molecule is COC(C)CCc1c(CCC(C)OC)c2cc(C(C)C)ccc2c2ccc(C)cc12. The van der Waals surface area contributed by atoms with Crippen LogP contribution in [0.5, 0.6) is 0 Å². The summed E-state index contributed by atoms with van der Waals surface area (Å²) in [6.45, 7) is 11.1. The molecule has 162 valence electrons. The second-order valence-electron chi connectivity index (χ2n) is 9.14. The normalized spacial score (nSPS) is 14.0. The van der Waals surface area contributed by atoms with Crippen molar-refractivity contribution in [2.75, 3.05) is 14.2 Å². The van der Waals surface area contributed by atoms with Gasteiger partial charge in [0.15, 0.2) is 0 Å². The van der Waals surface area contributed by atoms with Crippen LogP contribution in [0.1, 0.15) is 68.7 Å². The highest BCUT2D eigenvalue weighted by Gasteiger charge is 2.17. The topological polar surface area (TPSA) is 18.5 Å². The van der Waals surface area contributed by atoms with Crippen LogP contribution in [0.4, 0.5) is 0 Å². The molecule has 2 nitrogen and oxygen atoms in total. The van der Waals surface area contributed by atoms with Crippen LogP contribution >= 0.6 is 0 Å². The summed E-state index contributed by atoms with van der Waals surface area (Å²) in [6.07, 6.45) is 4.64. The molecule has 3 aromatic rings. The van der Waals surface area contributed by atoms with Crippen LogP contribution in [0.25, 0.3) is 21.5 Å². The van der Waals surface area contributed by atoms with Crippen LogP contribution in [-0.4, -0.2) is 26.4 Å². The Balaban J connectivity index is 2.29. The molecule has 2 atom stereocenters. The van der Waals surface area contributed by atoms with E-state index in [0.717, 1.165) is 25.7 Å². The van der Waals surface area contributed by atoms with Gasteiger partial charge in [0, 0.05) is 14.2 Å². The molecule has 3 rings (SSSR count). The molecule has 0 N–H and O–H groups in total. The van der Waals surface area contributed by atoms with Gasteiger partial charge in [-0.1, -0.05) is 55.8 Å². The van der Waals surface area contributed by atoms with Crippen LogP contribution < -0.4 is 0 Å². The van der Waals surface area contributed by atoms with E-state index in [1.54, 1.807) is 0 Å². The van der Waals surface area contributed by atoms with Crippen molar-refractivity contribution in [3.8, 4) is 0 Å². The van der Waals surface area contributed by atoms with Crippen LogP contribution in [0.15, 0.2) is 36.4 Å². The Morgan fingerprint density at radius 3 is 1.67 bits per heavy atom. The van der Waals surface area contributed by atoms with E-state index < -0.39 is 0 Å². The molecule has 0 heterocycles. The molecule has 2 unspecified atom stereocenters. The molecule has 0 spiro atoms. The highest BCUT2D eigenvalue weighted by molar-refractivity contribution is 6.11. The molecule has 0 aliphatic heterocycles. The van der Waals surface area contributed by atoms with Gasteiger partial charge < -0.3 is 9.47 Å². The third-order valence-electron chi connectivity index (χ3n) is 6.60. The van der Waals surface area contributed by atoms with Crippen molar-refractivity contribution >= 4 is 21.5 Å². The van der Waals surface area contributed by atoms with Crippen molar-refractivity contribution in [2.45, 2.75) is 78.4 Å². The summed E-state index contributed by atoms with van der Waals surface area (Å²) in [5.74, 6) is 0.519. The Morgan fingerprint density at radius 2 is 1.17 bits per heavy atom. The van der Waals surface area contributed by atoms with Gasteiger partial charge in [0.1, 0.15) is 0 Å². The first kappa shape index (κ1) is 22.8. The van der Waals surface area contributed by atoms with Gasteiger partial charge in [-0.2, -0.15) is 0 Å². The third-order valence-corrected chi connectivity index (χ3v) is 6.60. The maximum absolute atomic E-state index is 5.59. The largest absolute Gasteiger partial charge is 0.382 e. The number of fused-ring (bicyclic) bond motifs is 3. The predicted molar refractivity (Wildman–Crippen MR) is 130 cm³/mol. The average Bonchev–Trinajstić information content (AvgIpc) is 2.75. The summed E-state index contributed by atoms with van der Waals surface area (Å²) in [6, 6.07) is 14.0. The Hall–Kier alpha value is -1.90. The van der Waals surface area contributed by atoms with E-state index in [1.807, 2.05) is 14.2 Å². The highest BCUT2D eigenvalue weighted by atomic mass is 16.5. The smallest absolute Gasteiger partial charge is 0.0546 e. The van der Waals surface area contributed by atoms with Gasteiger partial charge >= 0.3 is 0 Å². The van der Waals surface area contributed by atoms with Crippen LogP contribution in [-0.2, 0) is 22.3 Å². The summed E-state index contributed by atoms with van der Waals surface area (Å²) in [5, 5.41) is 5.57. The number of methoxy groups -OCH3 is 2. The fourth-order valence-electron chi connectivity index (χ4n) is 4.38. The number of hydrogen-bond donors (Lipinski definition) is 0. The van der Waals surface area contributed by atoms with E-state index in [2.05, 4.69) is 71.0 Å². The monoisotopic (exact) mass is 406 g/mol. The molecule has 0 amide bonds. The number of hydrogen-bond acceptors (Lipinski definition) is 2. The van der Waals surface area contributed by atoms with Crippen LogP contribution in [0, 0.1) is 6.92 Å². The molecule has 0 saturated carbocycles. The number of ether oxygens (including phenoxy) is 2. The quantitative estimate of drug-likeness (QED) is 0.346. The molecular weight excluding hydrogens is 368 g/mol. The molecule has 30 heavy (non-hydrogen) atoms. The lowest BCUT2D eigenvalue weighted by Gasteiger charge is -2.21. The predicted octanol–water partition coefficient (Wildman–Crippen LogP) is 7.36. The van der Waals surface area contributed by atoms with Crippen molar-refractivity contribution in [2.24, 2.45) is 0 Å². The van der Waals surface area contributed by atoms with Gasteiger partial charge in [-0.15, -0.1) is 0 Å². The van der Waals surface area contributed by atoms with Crippen molar-refractivity contribution in [3.63, 3.8) is 0 Å². The number of benzene rings is 3. The fraction of sp³-hybridized carbons (Fsp3) is 0.500. The van der Waals surface area contributed by atoms with Gasteiger partial charge in [-0.05, 0) is 90.6 Å². The minimum Gasteiger partial charge on any atom is -0.382 e. The minimum absolute atomic E-state index is 0.257. The molecule has 0 fully saturated rings. The number of rotatable bonds is 9. The zero-order valence-electron chi connectivity index (χ0n) is 19.8. The summed E-state index contributed by atoms with van der Waals surface area (Å²) in [7, 11) is 3.62. The number of aryl methyl sites for hydroxylation is 3. The molecule has 2 heteroatoms. The molecule has 0 aromatic heterocycles. The first-order valence-corrected chi connectivity index (χ1v) is 11.4. The van der Waals surface area contributed by atoms with E-state index in [4.69, 9.17) is 9.47 Å². The molecule has 0 aliphatic rings. The average molecular weight is 407 g/mol. The second kappa shape index (κ2) is 9.94. The van der Waals surface area contributed by atoms with Crippen LogP contribution in [0.3, 0.4) is 0 Å². The zero-order valence-corrected chi connectivity index (χ0v) is 19.8. The molecule has 0 saturated heterocycles. The Bertz CT molecular complexity index is 1000.